The van der Waals surface area contributed by atoms with E-state index in [1.807, 2.05) is 54.6 Å². The van der Waals surface area contributed by atoms with E-state index in [4.69, 9.17) is 4.42 Å². The summed E-state index contributed by atoms with van der Waals surface area (Å²) in [6.45, 7) is 0. The van der Waals surface area contributed by atoms with Crippen LogP contribution in [0.25, 0.3) is 11.0 Å². The van der Waals surface area contributed by atoms with Gasteiger partial charge in [0.05, 0.1) is 11.4 Å². The fourth-order valence-corrected chi connectivity index (χ4v) is 2.49. The molecule has 4 nitrogen and oxygen atoms in total. The standard InChI is InChI=1S/C16H12N2O2/c19-16-15(17-11-6-2-3-7-12(11)18-16)14-9-10-5-1-4-8-13(10)20-14/h1-9,15,17H,(H,18,19). The van der Waals surface area contributed by atoms with Gasteiger partial charge >= 0.3 is 0 Å². The minimum absolute atomic E-state index is 0.109. The van der Waals surface area contributed by atoms with Crippen LogP contribution in [0.4, 0.5) is 11.4 Å². The van der Waals surface area contributed by atoms with Crippen LogP contribution in [-0.4, -0.2) is 5.91 Å². The topological polar surface area (TPSA) is 54.3 Å². The molecule has 2 aromatic carbocycles. The van der Waals surface area contributed by atoms with Crippen molar-refractivity contribution in [2.75, 3.05) is 10.6 Å². The summed E-state index contributed by atoms with van der Waals surface area (Å²) in [6, 6.07) is 16.8. The Labute approximate surface area is 115 Å². The van der Waals surface area contributed by atoms with Crippen molar-refractivity contribution < 1.29 is 9.21 Å². The molecule has 0 saturated carbocycles. The smallest absolute Gasteiger partial charge is 0.254 e. The molecule has 1 unspecified atom stereocenters. The predicted molar refractivity (Wildman–Crippen MR) is 77.6 cm³/mol. The average molecular weight is 264 g/mol. The van der Waals surface area contributed by atoms with Crippen molar-refractivity contribution in [2.24, 2.45) is 0 Å². The Morgan fingerprint density at radius 3 is 2.55 bits per heavy atom. The van der Waals surface area contributed by atoms with Crippen LogP contribution >= 0.6 is 0 Å². The molecule has 1 atom stereocenters. The SMILES string of the molecule is O=C1Nc2ccccc2NC1c1cc2ccccc2o1. The van der Waals surface area contributed by atoms with Gasteiger partial charge in [-0.05, 0) is 24.3 Å². The number of benzene rings is 2. The number of furan rings is 1. The second kappa shape index (κ2) is 4.13. The quantitative estimate of drug-likeness (QED) is 0.706. The average Bonchev–Trinajstić information content (AvgIpc) is 2.90. The molecule has 0 aliphatic carbocycles. The van der Waals surface area contributed by atoms with Gasteiger partial charge in [0.2, 0.25) is 0 Å². The maximum absolute atomic E-state index is 12.2. The first-order valence-electron chi connectivity index (χ1n) is 6.46. The highest BCUT2D eigenvalue weighted by atomic mass is 16.3. The largest absolute Gasteiger partial charge is 0.458 e. The van der Waals surface area contributed by atoms with E-state index < -0.39 is 6.04 Å². The summed E-state index contributed by atoms with van der Waals surface area (Å²) < 4.78 is 5.77. The molecular formula is C16H12N2O2. The van der Waals surface area contributed by atoms with Crippen molar-refractivity contribution in [3.8, 4) is 0 Å². The lowest BCUT2D eigenvalue weighted by Gasteiger charge is -2.25. The van der Waals surface area contributed by atoms with Crippen LogP contribution in [0.3, 0.4) is 0 Å². The second-order valence-electron chi connectivity index (χ2n) is 4.80. The molecule has 1 aromatic heterocycles. The van der Waals surface area contributed by atoms with Crippen LogP contribution in [0, 0.1) is 0 Å². The summed E-state index contributed by atoms with van der Waals surface area (Å²) in [5, 5.41) is 7.11. The van der Waals surface area contributed by atoms with Gasteiger partial charge in [-0.15, -0.1) is 0 Å². The van der Waals surface area contributed by atoms with Crippen molar-refractivity contribution in [1.82, 2.24) is 0 Å². The summed E-state index contributed by atoms with van der Waals surface area (Å²) in [5.41, 5.74) is 2.48. The first kappa shape index (κ1) is 11.1. The Morgan fingerprint density at radius 2 is 1.70 bits per heavy atom. The monoisotopic (exact) mass is 264 g/mol. The molecule has 20 heavy (non-hydrogen) atoms. The summed E-state index contributed by atoms with van der Waals surface area (Å²) in [6.07, 6.45) is 0. The van der Waals surface area contributed by atoms with Gasteiger partial charge in [0.1, 0.15) is 11.3 Å². The number of rotatable bonds is 1. The fraction of sp³-hybridized carbons (Fsp3) is 0.0625. The molecule has 0 saturated heterocycles. The van der Waals surface area contributed by atoms with E-state index in [0.717, 1.165) is 22.3 Å². The molecule has 0 spiro atoms. The number of fused-ring (bicyclic) bond motifs is 2. The number of anilines is 2. The fourth-order valence-electron chi connectivity index (χ4n) is 2.49. The van der Waals surface area contributed by atoms with Crippen LogP contribution in [-0.2, 0) is 4.79 Å². The van der Waals surface area contributed by atoms with E-state index in [-0.39, 0.29) is 5.91 Å². The predicted octanol–water partition coefficient (Wildman–Crippen LogP) is 3.54. The Hall–Kier alpha value is -2.75. The van der Waals surface area contributed by atoms with Gasteiger partial charge in [0, 0.05) is 5.39 Å². The van der Waals surface area contributed by atoms with Crippen LogP contribution in [0.1, 0.15) is 11.8 Å². The summed E-state index contributed by atoms with van der Waals surface area (Å²) in [7, 11) is 0. The first-order valence-corrected chi connectivity index (χ1v) is 6.46. The van der Waals surface area contributed by atoms with E-state index >= 15 is 0 Å². The van der Waals surface area contributed by atoms with Crippen LogP contribution in [0.5, 0.6) is 0 Å². The number of nitrogens with one attached hydrogen (secondary N) is 2. The highest BCUT2D eigenvalue weighted by molar-refractivity contribution is 6.03. The van der Waals surface area contributed by atoms with E-state index in [1.165, 1.54) is 0 Å². The van der Waals surface area contributed by atoms with Crippen molar-refractivity contribution in [2.45, 2.75) is 6.04 Å². The van der Waals surface area contributed by atoms with Crippen molar-refractivity contribution in [3.05, 3.63) is 60.4 Å². The molecule has 1 amide bonds. The van der Waals surface area contributed by atoms with Gasteiger partial charge in [-0.2, -0.15) is 0 Å². The van der Waals surface area contributed by atoms with Gasteiger partial charge in [0.25, 0.3) is 5.91 Å². The molecule has 1 aliphatic rings. The van der Waals surface area contributed by atoms with Crippen LogP contribution in [0.15, 0.2) is 59.0 Å². The van der Waals surface area contributed by atoms with Crippen LogP contribution in [0.2, 0.25) is 0 Å². The van der Waals surface area contributed by atoms with Crippen molar-refractivity contribution in [1.29, 1.82) is 0 Å². The lowest BCUT2D eigenvalue weighted by atomic mass is 10.1. The summed E-state index contributed by atoms with van der Waals surface area (Å²) in [4.78, 5) is 12.2. The van der Waals surface area contributed by atoms with Gasteiger partial charge in [-0.1, -0.05) is 30.3 Å². The normalized spacial score (nSPS) is 17.4. The number of carbonyl (C=O) groups is 1. The van der Waals surface area contributed by atoms with Gasteiger partial charge < -0.3 is 15.1 Å². The molecule has 4 rings (SSSR count). The second-order valence-corrected chi connectivity index (χ2v) is 4.80. The zero-order chi connectivity index (χ0) is 13.5. The highest BCUT2D eigenvalue weighted by Gasteiger charge is 2.29. The number of amides is 1. The molecule has 4 heteroatoms. The highest BCUT2D eigenvalue weighted by Crippen LogP contribution is 2.33. The van der Waals surface area contributed by atoms with E-state index in [0.29, 0.717) is 5.76 Å². The molecule has 98 valence electrons. The van der Waals surface area contributed by atoms with Crippen LogP contribution < -0.4 is 10.6 Å². The van der Waals surface area contributed by atoms with Gasteiger partial charge in [-0.25, -0.2) is 0 Å². The maximum Gasteiger partial charge on any atom is 0.254 e. The summed E-state index contributed by atoms with van der Waals surface area (Å²) >= 11 is 0. The Bertz CT molecular complexity index is 774. The minimum Gasteiger partial charge on any atom is -0.458 e. The molecule has 2 heterocycles. The number of carbonyl (C=O) groups excluding carboxylic acids is 1. The Morgan fingerprint density at radius 1 is 0.950 bits per heavy atom. The van der Waals surface area contributed by atoms with E-state index in [1.54, 1.807) is 0 Å². The van der Waals surface area contributed by atoms with Gasteiger partial charge in [-0.3, -0.25) is 4.79 Å². The molecule has 0 radical (unpaired) electrons. The zero-order valence-corrected chi connectivity index (χ0v) is 10.6. The third-order valence-corrected chi connectivity index (χ3v) is 3.48. The third-order valence-electron chi connectivity index (χ3n) is 3.48. The first-order chi connectivity index (χ1) is 9.81. The van der Waals surface area contributed by atoms with E-state index in [2.05, 4.69) is 10.6 Å². The Balaban J connectivity index is 1.77. The van der Waals surface area contributed by atoms with Crippen molar-refractivity contribution in [3.63, 3.8) is 0 Å². The summed E-state index contributed by atoms with van der Waals surface area (Å²) in [5.74, 6) is 0.515. The number of para-hydroxylation sites is 3. The molecule has 0 fully saturated rings. The lowest BCUT2D eigenvalue weighted by Crippen LogP contribution is -2.31. The number of hydrogen-bond donors (Lipinski definition) is 2. The lowest BCUT2D eigenvalue weighted by molar-refractivity contribution is -0.117. The Kier molecular flexibility index (Phi) is 2.29. The molecule has 0 bridgehead atoms. The van der Waals surface area contributed by atoms with Crippen molar-refractivity contribution >= 4 is 28.3 Å². The third kappa shape index (κ3) is 1.66. The zero-order valence-electron chi connectivity index (χ0n) is 10.6. The molecular weight excluding hydrogens is 252 g/mol. The molecule has 1 aliphatic heterocycles. The maximum atomic E-state index is 12.2. The van der Waals surface area contributed by atoms with E-state index in [9.17, 15) is 4.79 Å². The molecule has 3 aromatic rings. The minimum atomic E-state index is -0.503. The molecule has 2 N–H and O–H groups in total. The number of hydrogen-bond acceptors (Lipinski definition) is 3. The van der Waals surface area contributed by atoms with Gasteiger partial charge in [0.15, 0.2) is 6.04 Å².